The van der Waals surface area contributed by atoms with Crippen LogP contribution in [-0.4, -0.2) is 23.1 Å². The van der Waals surface area contributed by atoms with E-state index in [1.165, 1.54) is 0 Å². The number of cyclic esters (lactones) is 1. The molecule has 4 heteroatoms. The molecule has 10 heavy (non-hydrogen) atoms. The molecule has 4 nitrogen and oxygen atoms in total. The van der Waals surface area contributed by atoms with Crippen molar-refractivity contribution in [2.45, 2.75) is 20.0 Å². The smallest absolute Gasteiger partial charge is 0.346 e. The molecular weight excluding hydrogens is 136 g/mol. The van der Waals surface area contributed by atoms with E-state index in [4.69, 9.17) is 5.11 Å². The van der Waals surface area contributed by atoms with E-state index in [1.807, 2.05) is 0 Å². The van der Waals surface area contributed by atoms with Gasteiger partial charge in [0.2, 0.25) is 6.10 Å². The van der Waals surface area contributed by atoms with Crippen LogP contribution in [0.3, 0.4) is 0 Å². The van der Waals surface area contributed by atoms with Crippen LogP contribution in [0.5, 0.6) is 0 Å². The number of hydrogen-bond donors (Lipinski definition) is 1. The summed E-state index contributed by atoms with van der Waals surface area (Å²) < 4.78 is 4.38. The van der Waals surface area contributed by atoms with E-state index in [0.717, 1.165) is 0 Å². The van der Waals surface area contributed by atoms with Gasteiger partial charge in [0.1, 0.15) is 5.41 Å². The molecule has 0 unspecified atom stereocenters. The van der Waals surface area contributed by atoms with E-state index in [1.54, 1.807) is 13.8 Å². The van der Waals surface area contributed by atoms with Crippen LogP contribution in [-0.2, 0) is 14.3 Å². The fraction of sp³-hybridized carbons (Fsp3) is 0.667. The Morgan fingerprint density at radius 1 is 1.70 bits per heavy atom. The molecule has 0 aromatic carbocycles. The van der Waals surface area contributed by atoms with Gasteiger partial charge < -0.3 is 9.84 Å². The number of carbonyl (C=O) groups excluding carboxylic acids is 1. The molecule has 1 fully saturated rings. The summed E-state index contributed by atoms with van der Waals surface area (Å²) in [6.45, 7) is 3.11. The van der Waals surface area contributed by atoms with Crippen LogP contribution < -0.4 is 0 Å². The lowest BCUT2D eigenvalue weighted by Gasteiger charge is -2.38. The first kappa shape index (κ1) is 7.05. The Hall–Kier alpha value is -1.06. The number of ether oxygens (including phenoxy) is 1. The zero-order chi connectivity index (χ0) is 7.94. The summed E-state index contributed by atoms with van der Waals surface area (Å²) in [5.74, 6) is -1.52. The van der Waals surface area contributed by atoms with Gasteiger partial charge in [0.05, 0.1) is 0 Å². The Morgan fingerprint density at radius 2 is 2.20 bits per heavy atom. The maximum atomic E-state index is 10.6. The molecule has 0 radical (unpaired) electrons. The standard InChI is InChI=1S/C6H8O4/c1-6(2)3(4(7)8)10-5(6)9/h3H,1-2H3,(H,7,8)/t3-/m1/s1. The Kier molecular flexibility index (Phi) is 1.21. The highest BCUT2D eigenvalue weighted by Gasteiger charge is 2.54. The summed E-state index contributed by atoms with van der Waals surface area (Å²) in [7, 11) is 0. The van der Waals surface area contributed by atoms with Crippen molar-refractivity contribution < 1.29 is 19.4 Å². The first-order valence-electron chi connectivity index (χ1n) is 2.90. The maximum Gasteiger partial charge on any atom is 0.346 e. The molecular formula is C6H8O4. The third kappa shape index (κ3) is 0.683. The molecule has 0 saturated carbocycles. The average molecular weight is 144 g/mol. The molecule has 1 rings (SSSR count). The van der Waals surface area contributed by atoms with Crippen molar-refractivity contribution in [3.8, 4) is 0 Å². The van der Waals surface area contributed by atoms with Crippen molar-refractivity contribution in [3.63, 3.8) is 0 Å². The third-order valence-corrected chi connectivity index (χ3v) is 1.63. The van der Waals surface area contributed by atoms with Crippen molar-refractivity contribution in [3.05, 3.63) is 0 Å². The maximum absolute atomic E-state index is 10.6. The summed E-state index contributed by atoms with van der Waals surface area (Å²) in [6.07, 6.45) is -0.958. The summed E-state index contributed by atoms with van der Waals surface area (Å²) in [4.78, 5) is 20.8. The van der Waals surface area contributed by atoms with Gasteiger partial charge in [-0.05, 0) is 13.8 Å². The monoisotopic (exact) mass is 144 g/mol. The Bertz CT molecular complexity index is 194. The van der Waals surface area contributed by atoms with Gasteiger partial charge in [0.25, 0.3) is 0 Å². The highest BCUT2D eigenvalue weighted by molar-refractivity contribution is 5.93. The van der Waals surface area contributed by atoms with Crippen LogP contribution in [0.2, 0.25) is 0 Å². The number of carbonyl (C=O) groups is 2. The molecule has 1 saturated heterocycles. The largest absolute Gasteiger partial charge is 0.478 e. The molecule has 0 aromatic rings. The minimum atomic E-state index is -1.08. The van der Waals surface area contributed by atoms with Crippen molar-refractivity contribution >= 4 is 11.9 Å². The SMILES string of the molecule is CC1(C)C(=O)O[C@@H]1C(=O)O. The molecule has 0 aliphatic carbocycles. The van der Waals surface area contributed by atoms with Gasteiger partial charge in [-0.1, -0.05) is 0 Å². The van der Waals surface area contributed by atoms with E-state index < -0.39 is 23.5 Å². The van der Waals surface area contributed by atoms with Gasteiger partial charge in [-0.3, -0.25) is 4.79 Å². The molecule has 56 valence electrons. The van der Waals surface area contributed by atoms with Gasteiger partial charge in [0, 0.05) is 0 Å². The van der Waals surface area contributed by atoms with Crippen LogP contribution in [0.4, 0.5) is 0 Å². The molecule has 0 amide bonds. The average Bonchev–Trinajstić information content (AvgIpc) is 1.82. The zero-order valence-electron chi connectivity index (χ0n) is 5.75. The molecule has 1 heterocycles. The van der Waals surface area contributed by atoms with Crippen LogP contribution in [0, 0.1) is 5.41 Å². The zero-order valence-corrected chi connectivity index (χ0v) is 5.75. The lowest BCUT2D eigenvalue weighted by molar-refractivity contribution is -0.209. The molecule has 0 aromatic heterocycles. The lowest BCUT2D eigenvalue weighted by atomic mass is 9.81. The predicted octanol–water partition coefficient (Wildman–Crippen LogP) is 0.0226. The number of carboxylic acids is 1. The second-order valence-electron chi connectivity index (χ2n) is 2.85. The molecule has 1 N–H and O–H groups in total. The van der Waals surface area contributed by atoms with Crippen LogP contribution in [0.1, 0.15) is 13.8 Å². The topological polar surface area (TPSA) is 63.6 Å². The summed E-state index contributed by atoms with van der Waals surface area (Å²) >= 11 is 0. The van der Waals surface area contributed by atoms with Crippen molar-refractivity contribution in [2.24, 2.45) is 5.41 Å². The van der Waals surface area contributed by atoms with Crippen molar-refractivity contribution in [2.75, 3.05) is 0 Å². The van der Waals surface area contributed by atoms with Crippen LogP contribution >= 0.6 is 0 Å². The number of hydrogen-bond acceptors (Lipinski definition) is 3. The summed E-state index contributed by atoms with van der Waals surface area (Å²) in [6, 6.07) is 0. The number of rotatable bonds is 1. The Labute approximate surface area is 57.8 Å². The van der Waals surface area contributed by atoms with E-state index >= 15 is 0 Å². The fourth-order valence-electron chi connectivity index (χ4n) is 0.814. The predicted molar refractivity (Wildman–Crippen MR) is 31.3 cm³/mol. The van der Waals surface area contributed by atoms with Crippen LogP contribution in [0.15, 0.2) is 0 Å². The molecule has 0 bridgehead atoms. The second kappa shape index (κ2) is 1.71. The lowest BCUT2D eigenvalue weighted by Crippen LogP contribution is -2.56. The molecule has 1 aliphatic heterocycles. The van der Waals surface area contributed by atoms with Gasteiger partial charge in [-0.2, -0.15) is 0 Å². The van der Waals surface area contributed by atoms with Crippen LogP contribution in [0.25, 0.3) is 0 Å². The van der Waals surface area contributed by atoms with E-state index in [2.05, 4.69) is 4.74 Å². The van der Waals surface area contributed by atoms with E-state index in [-0.39, 0.29) is 0 Å². The highest BCUT2D eigenvalue weighted by Crippen LogP contribution is 2.35. The van der Waals surface area contributed by atoms with E-state index in [0.29, 0.717) is 0 Å². The number of aliphatic carboxylic acids is 1. The molecule has 1 atom stereocenters. The quantitative estimate of drug-likeness (QED) is 0.527. The summed E-state index contributed by atoms with van der Waals surface area (Å²) in [5.41, 5.74) is -0.841. The van der Waals surface area contributed by atoms with Crippen molar-refractivity contribution in [1.82, 2.24) is 0 Å². The third-order valence-electron chi connectivity index (χ3n) is 1.63. The minimum Gasteiger partial charge on any atom is -0.478 e. The normalized spacial score (nSPS) is 28.6. The first-order chi connectivity index (χ1) is 4.46. The van der Waals surface area contributed by atoms with Crippen molar-refractivity contribution in [1.29, 1.82) is 0 Å². The second-order valence-corrected chi connectivity index (χ2v) is 2.85. The van der Waals surface area contributed by atoms with Gasteiger partial charge in [-0.25, -0.2) is 4.79 Å². The summed E-state index contributed by atoms with van der Waals surface area (Å²) in [5, 5.41) is 8.41. The molecule has 0 spiro atoms. The number of carboxylic acid groups (broad SMARTS) is 1. The highest BCUT2D eigenvalue weighted by atomic mass is 16.6. The fourth-order valence-corrected chi connectivity index (χ4v) is 0.814. The van der Waals surface area contributed by atoms with Gasteiger partial charge in [0.15, 0.2) is 0 Å². The number of esters is 1. The molecule has 1 aliphatic rings. The first-order valence-corrected chi connectivity index (χ1v) is 2.90. The van der Waals surface area contributed by atoms with E-state index in [9.17, 15) is 9.59 Å². The Morgan fingerprint density at radius 3 is 2.30 bits per heavy atom. The minimum absolute atomic E-state index is 0.445. The van der Waals surface area contributed by atoms with Gasteiger partial charge in [-0.15, -0.1) is 0 Å². The van der Waals surface area contributed by atoms with Gasteiger partial charge >= 0.3 is 11.9 Å². The Balaban J connectivity index is 2.72.